The van der Waals surface area contributed by atoms with Crippen LogP contribution in [0.4, 0.5) is 46.8 Å². The molecule has 0 aliphatic heterocycles. The predicted molar refractivity (Wildman–Crippen MR) is 158 cm³/mol. The highest BCUT2D eigenvalue weighted by Gasteiger charge is 2.41. The predicted octanol–water partition coefficient (Wildman–Crippen LogP) is 5.89. The molecule has 49 heavy (non-hydrogen) atoms. The lowest BCUT2D eigenvalue weighted by molar-refractivity contribution is -0.182. The number of carbonyl (C=O) groups is 2. The summed E-state index contributed by atoms with van der Waals surface area (Å²) in [5.41, 5.74) is -1.60. The van der Waals surface area contributed by atoms with Crippen molar-refractivity contribution < 1.29 is 49.4 Å². The summed E-state index contributed by atoms with van der Waals surface area (Å²) in [5, 5.41) is 7.80. The molecule has 0 saturated heterocycles. The highest BCUT2D eigenvalue weighted by Crippen LogP contribution is 2.39. The van der Waals surface area contributed by atoms with Gasteiger partial charge in [-0.3, -0.25) is 14.2 Å². The molecule has 0 unspecified atom stereocenters. The fourth-order valence-corrected chi connectivity index (χ4v) is 5.47. The zero-order valence-electron chi connectivity index (χ0n) is 25.9. The number of anilines is 2. The van der Waals surface area contributed by atoms with E-state index in [-0.39, 0.29) is 60.7 Å². The Morgan fingerprint density at radius 1 is 1.00 bits per heavy atom. The van der Waals surface area contributed by atoms with Gasteiger partial charge in [0.1, 0.15) is 11.1 Å². The molecule has 11 nitrogen and oxygen atoms in total. The second-order valence-electron chi connectivity index (χ2n) is 11.5. The number of alkyl halides is 8. The third-order valence-corrected chi connectivity index (χ3v) is 8.04. The van der Waals surface area contributed by atoms with E-state index in [1.54, 1.807) is 13.2 Å². The minimum Gasteiger partial charge on any atom is -0.471 e. The largest absolute Gasteiger partial charge is 0.471 e. The van der Waals surface area contributed by atoms with Crippen molar-refractivity contribution in [1.82, 2.24) is 34.7 Å². The van der Waals surface area contributed by atoms with Gasteiger partial charge in [0.2, 0.25) is 11.8 Å². The number of carbonyl (C=O) groups excluding carboxylic acids is 2. The number of nitrogens with zero attached hydrogens (tertiary/aromatic N) is 5. The highest BCUT2D eigenvalue weighted by atomic mass is 19.4. The lowest BCUT2D eigenvalue weighted by Crippen LogP contribution is -2.40. The highest BCUT2D eigenvalue weighted by molar-refractivity contribution is 5.99. The molecule has 3 heterocycles. The lowest BCUT2D eigenvalue weighted by Gasteiger charge is -2.30. The topological polar surface area (TPSA) is 128 Å². The van der Waals surface area contributed by atoms with Crippen LogP contribution >= 0.6 is 0 Å². The molecule has 1 aliphatic carbocycles. The normalized spacial score (nSPS) is 17.0. The van der Waals surface area contributed by atoms with Gasteiger partial charge in [0.25, 0.3) is 18.2 Å². The first-order valence-corrected chi connectivity index (χ1v) is 14.9. The first-order chi connectivity index (χ1) is 23.0. The average molecular weight is 703 g/mol. The molecule has 0 radical (unpaired) electrons. The number of hydrogen-bond acceptors (Lipinski definition) is 7. The number of pyridine rings is 1. The number of fused-ring (bicyclic) bond motifs is 1. The molecular weight excluding hydrogens is 672 g/mol. The van der Waals surface area contributed by atoms with Crippen LogP contribution in [0.15, 0.2) is 36.7 Å². The molecule has 264 valence electrons. The van der Waals surface area contributed by atoms with Crippen LogP contribution in [0.2, 0.25) is 0 Å². The Balaban J connectivity index is 1.42. The van der Waals surface area contributed by atoms with Gasteiger partial charge in [-0.2, -0.15) is 31.3 Å². The van der Waals surface area contributed by atoms with Crippen molar-refractivity contribution in [3.63, 3.8) is 0 Å². The van der Waals surface area contributed by atoms with Crippen molar-refractivity contribution in [2.45, 2.75) is 57.0 Å². The first kappa shape index (κ1) is 35.3. The maximum Gasteiger partial charge on any atom is 0.418 e. The third kappa shape index (κ3) is 8.19. The van der Waals surface area contributed by atoms with E-state index < -0.39 is 66.3 Å². The molecule has 1 aliphatic rings. The Morgan fingerprint density at radius 2 is 1.71 bits per heavy atom. The minimum absolute atomic E-state index is 0.0210. The number of benzene rings is 1. The van der Waals surface area contributed by atoms with E-state index >= 15 is 0 Å². The first-order valence-electron chi connectivity index (χ1n) is 14.9. The number of aromatic nitrogens is 5. The molecule has 2 amide bonds. The van der Waals surface area contributed by atoms with Gasteiger partial charge in [0.05, 0.1) is 17.2 Å². The van der Waals surface area contributed by atoms with E-state index in [0.717, 1.165) is 18.2 Å². The summed E-state index contributed by atoms with van der Waals surface area (Å²) in [6, 6.07) is 3.70. The number of halogens is 8. The van der Waals surface area contributed by atoms with E-state index in [1.807, 2.05) is 0 Å². The van der Waals surface area contributed by atoms with Crippen molar-refractivity contribution >= 4 is 34.6 Å². The third-order valence-electron chi connectivity index (χ3n) is 8.04. The summed E-state index contributed by atoms with van der Waals surface area (Å²) < 4.78 is 115. The van der Waals surface area contributed by atoms with Crippen LogP contribution in [0.25, 0.3) is 11.2 Å². The Morgan fingerprint density at radius 3 is 2.33 bits per heavy atom. The number of nitrogens with one attached hydrogen (secondary N) is 3. The van der Waals surface area contributed by atoms with Crippen LogP contribution in [-0.4, -0.2) is 61.2 Å². The Hall–Kier alpha value is -4.97. The van der Waals surface area contributed by atoms with Crippen molar-refractivity contribution in [2.24, 2.45) is 20.0 Å². The molecule has 19 heteroatoms. The Bertz CT molecular complexity index is 1830. The fraction of sp³-hybridized carbons (Fsp3) is 0.433. The van der Waals surface area contributed by atoms with Crippen molar-refractivity contribution in [3.05, 3.63) is 59.2 Å². The molecule has 5 rings (SSSR count). The zero-order valence-corrected chi connectivity index (χ0v) is 25.9. The van der Waals surface area contributed by atoms with Crippen LogP contribution in [-0.2, 0) is 26.8 Å². The zero-order chi connectivity index (χ0) is 35.7. The van der Waals surface area contributed by atoms with Crippen LogP contribution in [0, 0.1) is 5.92 Å². The number of aryl methyl sites for hydroxylation is 2. The maximum atomic E-state index is 14.0. The van der Waals surface area contributed by atoms with Gasteiger partial charge >= 0.3 is 12.4 Å². The average Bonchev–Trinajstić information content (AvgIpc) is 3.59. The van der Waals surface area contributed by atoms with Crippen LogP contribution in [0.5, 0.6) is 5.88 Å². The van der Waals surface area contributed by atoms with E-state index in [1.165, 1.54) is 28.4 Å². The maximum absolute atomic E-state index is 14.0. The fourth-order valence-electron chi connectivity index (χ4n) is 5.47. The molecule has 1 fully saturated rings. The van der Waals surface area contributed by atoms with Gasteiger partial charge in [-0.15, -0.1) is 0 Å². The molecule has 1 saturated carbocycles. The molecule has 3 aromatic heterocycles. The molecule has 0 spiro atoms. The summed E-state index contributed by atoms with van der Waals surface area (Å²) in [6.45, 7) is -1.29. The molecule has 1 aromatic carbocycles. The van der Waals surface area contributed by atoms with Crippen LogP contribution in [0.1, 0.15) is 57.8 Å². The Kier molecular flexibility index (Phi) is 10.0. The molecular formula is C30H30F8N8O3. The summed E-state index contributed by atoms with van der Waals surface area (Å²) in [4.78, 5) is 38.0. The number of hydrogen-bond donors (Lipinski definition) is 3. The van der Waals surface area contributed by atoms with Gasteiger partial charge in [-0.1, -0.05) is 6.07 Å². The molecule has 0 bridgehead atoms. The van der Waals surface area contributed by atoms with Gasteiger partial charge < -0.3 is 25.3 Å². The number of amides is 2. The minimum atomic E-state index is -4.80. The second-order valence-corrected chi connectivity index (χ2v) is 11.5. The SMILES string of the molecule is Cn1ccnc1C(=O)NCc1ccc(C(F)(F)F)c(Nc2nc3cc(C(=O)N[C@H]4CC[C@H](C(F)(F)F)CC4)c(OCC(F)F)nc3n2C)c1. The Labute approximate surface area is 273 Å². The standard InChI is InChI=1S/C30H30F8N8O3/c1-45-10-9-39-24(45)26(48)40-13-15-3-8-19(30(36,37)38)20(11-15)42-28-43-21-12-18(27(49-14-22(31)32)44-23(21)46(28)2)25(47)41-17-6-4-16(5-7-17)29(33,34)35/h3,8-12,16-17,22H,4-7,13-14H2,1-2H3,(H,40,48)(H,41,47)(H,42,43)/t16-,17-. The smallest absolute Gasteiger partial charge is 0.418 e. The van der Waals surface area contributed by atoms with Gasteiger partial charge in [-0.05, 0) is 49.4 Å². The number of ether oxygens (including phenoxy) is 1. The summed E-state index contributed by atoms with van der Waals surface area (Å²) in [5.74, 6) is -3.51. The second kappa shape index (κ2) is 13.9. The van der Waals surface area contributed by atoms with Crippen LogP contribution in [0.3, 0.4) is 0 Å². The van der Waals surface area contributed by atoms with Crippen LogP contribution < -0.4 is 20.7 Å². The van der Waals surface area contributed by atoms with E-state index in [4.69, 9.17) is 4.74 Å². The monoisotopic (exact) mass is 702 g/mol. The van der Waals surface area contributed by atoms with Crippen molar-refractivity contribution in [3.8, 4) is 5.88 Å². The van der Waals surface area contributed by atoms with E-state index in [2.05, 4.69) is 30.9 Å². The van der Waals surface area contributed by atoms with Gasteiger partial charge in [0.15, 0.2) is 18.1 Å². The molecule has 0 atom stereocenters. The number of rotatable bonds is 10. The van der Waals surface area contributed by atoms with E-state index in [9.17, 15) is 44.7 Å². The summed E-state index contributed by atoms with van der Waals surface area (Å²) in [6.07, 6.45) is -9.48. The van der Waals surface area contributed by atoms with Gasteiger partial charge in [0, 0.05) is 39.1 Å². The quantitative estimate of drug-likeness (QED) is 0.176. The molecule has 4 aromatic rings. The van der Waals surface area contributed by atoms with Crippen molar-refractivity contribution in [1.29, 1.82) is 0 Å². The van der Waals surface area contributed by atoms with E-state index in [0.29, 0.717) is 5.56 Å². The summed E-state index contributed by atoms with van der Waals surface area (Å²) in [7, 11) is 2.98. The molecule has 3 N–H and O–H groups in total. The van der Waals surface area contributed by atoms with Crippen molar-refractivity contribution in [2.75, 3.05) is 11.9 Å². The number of imidazole rings is 2. The lowest BCUT2D eigenvalue weighted by atomic mass is 9.85. The summed E-state index contributed by atoms with van der Waals surface area (Å²) >= 11 is 0. The van der Waals surface area contributed by atoms with Gasteiger partial charge in [-0.25, -0.2) is 18.7 Å².